The zero-order chi connectivity index (χ0) is 23.0. The number of hydrogen-bond donors (Lipinski definition) is 1. The molecule has 2 aliphatic carbocycles. The summed E-state index contributed by atoms with van der Waals surface area (Å²) in [5.74, 6) is 7.04. The van der Waals surface area contributed by atoms with Crippen molar-refractivity contribution in [2.24, 2.45) is 17.8 Å². The zero-order valence-electron chi connectivity index (χ0n) is 19.0. The predicted octanol–water partition coefficient (Wildman–Crippen LogP) is 2.09. The molecule has 3 atom stereocenters. The second-order valence-electron chi connectivity index (χ2n) is 9.44. The fourth-order valence-electron chi connectivity index (χ4n) is 3.94. The van der Waals surface area contributed by atoms with Gasteiger partial charge in [-0.1, -0.05) is 18.8 Å². The summed E-state index contributed by atoms with van der Waals surface area (Å²) in [6.45, 7) is 3.91. The van der Waals surface area contributed by atoms with Crippen LogP contribution in [0.25, 0.3) is 0 Å². The Morgan fingerprint density at radius 1 is 1.31 bits per heavy atom. The third kappa shape index (κ3) is 4.95. The molecule has 174 valence electrons. The van der Waals surface area contributed by atoms with Gasteiger partial charge in [-0.3, -0.25) is 4.79 Å². The van der Waals surface area contributed by atoms with Gasteiger partial charge in [0.1, 0.15) is 16.7 Å². The number of aliphatic hydroxyl groups excluding tert-OH is 1. The van der Waals surface area contributed by atoms with Crippen LogP contribution in [-0.4, -0.2) is 67.5 Å². The molecular formula is C24H32N2O5S. The molecule has 3 aliphatic rings. The number of carbonyl (C=O) groups excluding carboxylic acids is 1. The molecule has 1 heterocycles. The Labute approximate surface area is 190 Å². The average molecular weight is 461 g/mol. The van der Waals surface area contributed by atoms with E-state index in [1.54, 1.807) is 37.1 Å². The second-order valence-corrected chi connectivity index (χ2v) is 11.3. The molecule has 0 unspecified atom stereocenters. The first-order valence-corrected chi connectivity index (χ1v) is 12.8. The Hall–Kier alpha value is -2.08. The van der Waals surface area contributed by atoms with E-state index in [0.717, 1.165) is 25.7 Å². The van der Waals surface area contributed by atoms with Gasteiger partial charge in [-0.25, -0.2) is 8.42 Å². The van der Waals surface area contributed by atoms with Crippen LogP contribution in [0.5, 0.6) is 5.75 Å². The van der Waals surface area contributed by atoms with Gasteiger partial charge in [0, 0.05) is 43.0 Å². The molecule has 0 radical (unpaired) electrons. The van der Waals surface area contributed by atoms with Crippen molar-refractivity contribution in [3.63, 3.8) is 0 Å². The number of nitrogens with zero attached hydrogens (tertiary/aromatic N) is 2. The minimum atomic E-state index is -3.87. The smallest absolute Gasteiger partial charge is 0.247 e. The van der Waals surface area contributed by atoms with Crippen molar-refractivity contribution in [3.05, 3.63) is 23.8 Å². The van der Waals surface area contributed by atoms with Gasteiger partial charge in [0.05, 0.1) is 13.2 Å². The molecule has 2 fully saturated rings. The topological polar surface area (TPSA) is 87.2 Å². The van der Waals surface area contributed by atoms with Crippen LogP contribution in [0.3, 0.4) is 0 Å². The molecule has 1 amide bonds. The lowest BCUT2D eigenvalue weighted by Gasteiger charge is -2.37. The zero-order valence-corrected chi connectivity index (χ0v) is 19.8. The van der Waals surface area contributed by atoms with E-state index >= 15 is 0 Å². The van der Waals surface area contributed by atoms with Crippen LogP contribution in [0.15, 0.2) is 23.1 Å². The third-order valence-corrected chi connectivity index (χ3v) is 8.44. The van der Waals surface area contributed by atoms with E-state index in [2.05, 4.69) is 11.8 Å². The van der Waals surface area contributed by atoms with E-state index < -0.39 is 22.2 Å². The fourth-order valence-corrected chi connectivity index (χ4v) is 5.76. The summed E-state index contributed by atoms with van der Waals surface area (Å²) in [6, 6.07) is 4.37. The molecule has 8 heteroatoms. The summed E-state index contributed by atoms with van der Waals surface area (Å²) in [5.41, 5.74) is 0.710. The first-order chi connectivity index (χ1) is 15.2. The quantitative estimate of drug-likeness (QED) is 0.680. The number of hydrogen-bond acceptors (Lipinski definition) is 5. The molecular weight excluding hydrogens is 428 g/mol. The van der Waals surface area contributed by atoms with Crippen molar-refractivity contribution in [1.82, 2.24) is 9.21 Å². The van der Waals surface area contributed by atoms with Gasteiger partial charge in [0.25, 0.3) is 0 Å². The summed E-state index contributed by atoms with van der Waals surface area (Å²) in [5, 5.41) is 9.73. The van der Waals surface area contributed by atoms with Gasteiger partial charge in [-0.2, -0.15) is 4.31 Å². The Kier molecular flexibility index (Phi) is 6.53. The lowest BCUT2D eigenvalue weighted by Crippen LogP contribution is -2.50. The van der Waals surface area contributed by atoms with Crippen LogP contribution in [0.4, 0.5) is 0 Å². The first-order valence-electron chi connectivity index (χ1n) is 11.4. The monoisotopic (exact) mass is 460 g/mol. The Bertz CT molecular complexity index is 1040. The van der Waals surface area contributed by atoms with E-state index in [0.29, 0.717) is 18.0 Å². The molecule has 4 rings (SSSR count). The molecule has 0 spiro atoms. The lowest BCUT2D eigenvalue weighted by molar-refractivity contribution is -0.132. The van der Waals surface area contributed by atoms with E-state index in [9.17, 15) is 18.3 Å². The van der Waals surface area contributed by atoms with Crippen LogP contribution in [-0.2, 0) is 14.8 Å². The number of likely N-dealkylation sites (N-methyl/N-ethyl adjacent to an activating group) is 1. The average Bonchev–Trinajstić information content (AvgIpc) is 3.67. The van der Waals surface area contributed by atoms with Gasteiger partial charge in [-0.05, 0) is 50.8 Å². The van der Waals surface area contributed by atoms with Crippen molar-refractivity contribution in [2.75, 3.05) is 26.7 Å². The number of fused-ring (bicyclic) bond motifs is 1. The molecule has 0 saturated heterocycles. The fraction of sp³-hybridized carbons (Fsp3) is 0.625. The van der Waals surface area contributed by atoms with E-state index in [4.69, 9.17) is 4.74 Å². The minimum Gasteiger partial charge on any atom is -0.487 e. The molecule has 7 nitrogen and oxygen atoms in total. The van der Waals surface area contributed by atoms with Crippen LogP contribution >= 0.6 is 0 Å². The number of amides is 1. The molecule has 1 aromatic rings. The van der Waals surface area contributed by atoms with E-state index in [1.165, 1.54) is 4.31 Å². The Morgan fingerprint density at radius 2 is 2.03 bits per heavy atom. The summed E-state index contributed by atoms with van der Waals surface area (Å²) in [6.07, 6.45) is 3.68. The number of aliphatic hydroxyl groups is 1. The van der Waals surface area contributed by atoms with Gasteiger partial charge >= 0.3 is 0 Å². The number of benzene rings is 1. The highest BCUT2D eigenvalue weighted by Crippen LogP contribution is 2.35. The number of rotatable bonds is 5. The third-order valence-electron chi connectivity index (χ3n) is 6.42. The van der Waals surface area contributed by atoms with Crippen molar-refractivity contribution < 1.29 is 23.1 Å². The maximum atomic E-state index is 13.5. The normalized spacial score (nSPS) is 25.9. The maximum Gasteiger partial charge on any atom is 0.247 e. The summed E-state index contributed by atoms with van der Waals surface area (Å²) in [4.78, 5) is 14.3. The van der Waals surface area contributed by atoms with Gasteiger partial charge in [0.15, 0.2) is 0 Å². The second kappa shape index (κ2) is 9.05. The number of carbonyl (C=O) groups is 1. The van der Waals surface area contributed by atoms with Gasteiger partial charge < -0.3 is 14.7 Å². The van der Waals surface area contributed by atoms with Crippen LogP contribution in [0.2, 0.25) is 0 Å². The Balaban J connectivity index is 1.70. The van der Waals surface area contributed by atoms with Gasteiger partial charge in [0.2, 0.25) is 15.9 Å². The van der Waals surface area contributed by atoms with Crippen LogP contribution in [0.1, 0.15) is 45.1 Å². The molecule has 1 aliphatic heterocycles. The van der Waals surface area contributed by atoms with Crippen molar-refractivity contribution in [3.8, 4) is 17.6 Å². The maximum absolute atomic E-state index is 13.5. The molecule has 0 bridgehead atoms. The largest absolute Gasteiger partial charge is 0.487 e. The summed E-state index contributed by atoms with van der Waals surface area (Å²) < 4.78 is 34.6. The van der Waals surface area contributed by atoms with Crippen molar-refractivity contribution >= 4 is 15.9 Å². The number of sulfonamides is 1. The van der Waals surface area contributed by atoms with E-state index in [1.807, 2.05) is 6.92 Å². The minimum absolute atomic E-state index is 0.0721. The van der Waals surface area contributed by atoms with Crippen LogP contribution < -0.4 is 4.74 Å². The number of ether oxygens (including phenoxy) is 1. The highest BCUT2D eigenvalue weighted by molar-refractivity contribution is 7.89. The highest BCUT2D eigenvalue weighted by atomic mass is 32.2. The molecule has 1 aromatic carbocycles. The lowest BCUT2D eigenvalue weighted by atomic mass is 10.0. The van der Waals surface area contributed by atoms with E-state index in [-0.39, 0.29) is 41.5 Å². The van der Waals surface area contributed by atoms with Crippen molar-refractivity contribution in [2.45, 2.75) is 56.6 Å². The molecule has 32 heavy (non-hydrogen) atoms. The summed E-state index contributed by atoms with van der Waals surface area (Å²) >= 11 is 0. The highest BCUT2D eigenvalue weighted by Gasteiger charge is 2.39. The van der Waals surface area contributed by atoms with Crippen molar-refractivity contribution in [1.29, 1.82) is 0 Å². The van der Waals surface area contributed by atoms with Crippen LogP contribution in [0, 0.1) is 29.6 Å². The standard InChI is InChI=1S/C24H32N2O5S/c1-16-13-26(17(2)15-27)32(29,30)23-11-8-19(7-6-18-4-5-18)12-21(23)31-22(16)14-25(3)24(28)20-9-10-20/h8,11-12,16-18,20,22,27H,4-5,9-10,13-15H2,1-3H3/t16-,17-,22-/m0/s1. The molecule has 2 saturated carbocycles. The predicted molar refractivity (Wildman–Crippen MR) is 120 cm³/mol. The Morgan fingerprint density at radius 3 is 2.66 bits per heavy atom. The molecule has 1 N–H and O–H groups in total. The van der Waals surface area contributed by atoms with Gasteiger partial charge in [-0.15, -0.1) is 0 Å². The SMILES string of the molecule is C[C@H]1CN([C@@H](C)CO)S(=O)(=O)c2ccc(C#CC3CC3)cc2O[C@H]1CN(C)C(=O)C1CC1. The summed E-state index contributed by atoms with van der Waals surface area (Å²) in [7, 11) is -2.10. The first kappa shape index (κ1) is 23.1. The molecule has 0 aromatic heterocycles.